The molecule has 0 aliphatic heterocycles. The molecule has 1 heterocycles. The van der Waals surface area contributed by atoms with Gasteiger partial charge < -0.3 is 19.6 Å². The van der Waals surface area contributed by atoms with Gasteiger partial charge >= 0.3 is 0 Å². The van der Waals surface area contributed by atoms with Crippen molar-refractivity contribution in [2.75, 3.05) is 13.7 Å². The third-order valence-corrected chi connectivity index (χ3v) is 3.58. The van der Waals surface area contributed by atoms with Gasteiger partial charge in [-0.2, -0.15) is 0 Å². The Morgan fingerprint density at radius 3 is 2.48 bits per heavy atom. The van der Waals surface area contributed by atoms with Crippen LogP contribution in [0.2, 0.25) is 0 Å². The fourth-order valence-corrected chi connectivity index (χ4v) is 2.15. The first-order chi connectivity index (χ1) is 10.1. The molecule has 0 spiro atoms. The van der Waals surface area contributed by atoms with Gasteiger partial charge in [0.25, 0.3) is 0 Å². The van der Waals surface area contributed by atoms with Crippen molar-refractivity contribution in [3.63, 3.8) is 0 Å². The maximum absolute atomic E-state index is 10.2. The van der Waals surface area contributed by atoms with Crippen molar-refractivity contribution in [2.24, 2.45) is 0 Å². The summed E-state index contributed by atoms with van der Waals surface area (Å²) in [7, 11) is 1.63. The Hall–Kier alpha value is -1.78. The van der Waals surface area contributed by atoms with Crippen LogP contribution in [0.5, 0.6) is 5.75 Å². The van der Waals surface area contributed by atoms with Crippen LogP contribution in [0.4, 0.5) is 0 Å². The highest BCUT2D eigenvalue weighted by atomic mass is 16.5. The Morgan fingerprint density at radius 1 is 1.19 bits per heavy atom. The van der Waals surface area contributed by atoms with Gasteiger partial charge in [-0.1, -0.05) is 19.1 Å². The summed E-state index contributed by atoms with van der Waals surface area (Å²) in [6.45, 7) is 4.56. The molecule has 0 radical (unpaired) electrons. The lowest BCUT2D eigenvalue weighted by Gasteiger charge is -2.16. The van der Waals surface area contributed by atoms with E-state index in [9.17, 15) is 5.11 Å². The molecule has 0 aliphatic carbocycles. The molecule has 0 aliphatic rings. The van der Waals surface area contributed by atoms with Gasteiger partial charge in [0.15, 0.2) is 0 Å². The Bertz CT molecular complexity index is 547. The van der Waals surface area contributed by atoms with Crippen LogP contribution < -0.4 is 10.1 Å². The third kappa shape index (κ3) is 4.09. The zero-order valence-electron chi connectivity index (χ0n) is 12.8. The quantitative estimate of drug-likeness (QED) is 0.821. The van der Waals surface area contributed by atoms with Gasteiger partial charge in [0, 0.05) is 13.0 Å². The molecule has 0 bridgehead atoms. The molecule has 2 unspecified atom stereocenters. The predicted molar refractivity (Wildman–Crippen MR) is 82.5 cm³/mol. The Balaban J connectivity index is 1.88. The fourth-order valence-electron chi connectivity index (χ4n) is 2.15. The molecular weight excluding hydrogens is 266 g/mol. The first-order valence-electron chi connectivity index (χ1n) is 7.28. The standard InChI is InChI=1S/C17H23NO3/c1-4-14-9-10-17(21-14)12(2)18-11-16(19)13-5-7-15(20-3)8-6-13/h5-10,12,16,18-19H,4,11H2,1-3H3. The average molecular weight is 289 g/mol. The number of nitrogens with one attached hydrogen (secondary N) is 1. The van der Waals surface area contributed by atoms with Crippen LogP contribution in [0.25, 0.3) is 0 Å². The molecule has 114 valence electrons. The molecule has 0 saturated heterocycles. The van der Waals surface area contributed by atoms with Crippen LogP contribution in [0.1, 0.15) is 43.1 Å². The van der Waals surface area contributed by atoms with E-state index in [1.807, 2.05) is 43.3 Å². The van der Waals surface area contributed by atoms with E-state index in [-0.39, 0.29) is 6.04 Å². The molecule has 0 fully saturated rings. The lowest BCUT2D eigenvalue weighted by molar-refractivity contribution is 0.169. The molecule has 1 aromatic carbocycles. The number of hydrogen-bond acceptors (Lipinski definition) is 4. The Kier molecular flexibility index (Phi) is 5.42. The van der Waals surface area contributed by atoms with Gasteiger partial charge in [-0.05, 0) is 36.8 Å². The Morgan fingerprint density at radius 2 is 1.90 bits per heavy atom. The number of hydrogen-bond donors (Lipinski definition) is 2. The lowest BCUT2D eigenvalue weighted by atomic mass is 10.1. The molecule has 2 N–H and O–H groups in total. The minimum Gasteiger partial charge on any atom is -0.497 e. The minimum atomic E-state index is -0.557. The highest BCUT2D eigenvalue weighted by Crippen LogP contribution is 2.20. The van der Waals surface area contributed by atoms with E-state index in [1.165, 1.54) is 0 Å². The predicted octanol–water partition coefficient (Wildman–Crippen LogP) is 3.23. The molecule has 21 heavy (non-hydrogen) atoms. The summed E-state index contributed by atoms with van der Waals surface area (Å²) < 4.78 is 10.8. The van der Waals surface area contributed by atoms with E-state index in [4.69, 9.17) is 9.15 Å². The first-order valence-corrected chi connectivity index (χ1v) is 7.28. The van der Waals surface area contributed by atoms with Crippen molar-refractivity contribution >= 4 is 0 Å². The number of furan rings is 1. The van der Waals surface area contributed by atoms with Gasteiger partial charge in [0.2, 0.25) is 0 Å². The summed E-state index contributed by atoms with van der Waals surface area (Å²) >= 11 is 0. The highest BCUT2D eigenvalue weighted by molar-refractivity contribution is 5.28. The largest absolute Gasteiger partial charge is 0.497 e. The molecule has 2 aromatic rings. The van der Waals surface area contributed by atoms with E-state index in [1.54, 1.807) is 7.11 Å². The average Bonchev–Trinajstić information content (AvgIpc) is 3.01. The van der Waals surface area contributed by atoms with Gasteiger partial charge in [-0.25, -0.2) is 0 Å². The van der Waals surface area contributed by atoms with Crippen LogP contribution >= 0.6 is 0 Å². The van der Waals surface area contributed by atoms with Crippen LogP contribution in [0.3, 0.4) is 0 Å². The third-order valence-electron chi connectivity index (χ3n) is 3.58. The number of aryl methyl sites for hydroxylation is 1. The normalized spacial score (nSPS) is 13.9. The zero-order chi connectivity index (χ0) is 15.2. The second kappa shape index (κ2) is 7.29. The van der Waals surface area contributed by atoms with Crippen molar-refractivity contribution < 1.29 is 14.3 Å². The van der Waals surface area contributed by atoms with Crippen molar-refractivity contribution in [1.29, 1.82) is 0 Å². The first kappa shape index (κ1) is 15.6. The molecule has 4 heteroatoms. The number of benzene rings is 1. The SMILES string of the molecule is CCc1ccc(C(C)NCC(O)c2ccc(OC)cc2)o1. The molecule has 2 rings (SSSR count). The number of rotatable bonds is 7. The highest BCUT2D eigenvalue weighted by Gasteiger charge is 2.13. The van der Waals surface area contributed by atoms with E-state index in [2.05, 4.69) is 12.2 Å². The van der Waals surface area contributed by atoms with Crippen LogP contribution in [-0.2, 0) is 6.42 Å². The van der Waals surface area contributed by atoms with Gasteiger partial charge in [0.1, 0.15) is 17.3 Å². The van der Waals surface area contributed by atoms with E-state index in [0.717, 1.165) is 29.3 Å². The number of methoxy groups -OCH3 is 1. The zero-order valence-corrected chi connectivity index (χ0v) is 12.8. The molecule has 2 atom stereocenters. The maximum atomic E-state index is 10.2. The van der Waals surface area contributed by atoms with Crippen molar-refractivity contribution in [2.45, 2.75) is 32.4 Å². The number of aliphatic hydroxyl groups is 1. The van der Waals surface area contributed by atoms with Gasteiger partial charge in [-0.3, -0.25) is 0 Å². The molecule has 0 amide bonds. The summed E-state index contributed by atoms with van der Waals surface area (Å²) in [5, 5.41) is 13.5. The number of ether oxygens (including phenoxy) is 1. The number of aliphatic hydroxyl groups excluding tert-OH is 1. The van der Waals surface area contributed by atoms with Gasteiger partial charge in [0.05, 0.1) is 19.3 Å². The van der Waals surface area contributed by atoms with Crippen LogP contribution in [0, 0.1) is 0 Å². The second-order valence-electron chi connectivity index (χ2n) is 5.08. The topological polar surface area (TPSA) is 54.6 Å². The smallest absolute Gasteiger partial charge is 0.120 e. The van der Waals surface area contributed by atoms with E-state index in [0.29, 0.717) is 6.54 Å². The fraction of sp³-hybridized carbons (Fsp3) is 0.412. The summed E-state index contributed by atoms with van der Waals surface area (Å²) in [6.07, 6.45) is 0.334. The lowest BCUT2D eigenvalue weighted by Crippen LogP contribution is -2.24. The summed E-state index contributed by atoms with van der Waals surface area (Å²) in [6, 6.07) is 11.5. The monoisotopic (exact) mass is 289 g/mol. The van der Waals surface area contributed by atoms with Crippen molar-refractivity contribution in [1.82, 2.24) is 5.32 Å². The minimum absolute atomic E-state index is 0.0678. The molecular formula is C17H23NO3. The maximum Gasteiger partial charge on any atom is 0.120 e. The van der Waals surface area contributed by atoms with Crippen LogP contribution in [-0.4, -0.2) is 18.8 Å². The van der Waals surface area contributed by atoms with Crippen molar-refractivity contribution in [3.05, 3.63) is 53.5 Å². The Labute approximate surface area is 125 Å². The second-order valence-corrected chi connectivity index (χ2v) is 5.08. The van der Waals surface area contributed by atoms with Crippen molar-refractivity contribution in [3.8, 4) is 5.75 Å². The summed E-state index contributed by atoms with van der Waals surface area (Å²) in [5.74, 6) is 2.66. The molecule has 0 saturated carbocycles. The molecule has 4 nitrogen and oxygen atoms in total. The van der Waals surface area contributed by atoms with Crippen LogP contribution in [0.15, 0.2) is 40.8 Å². The summed E-state index contributed by atoms with van der Waals surface area (Å²) in [5.41, 5.74) is 0.865. The van der Waals surface area contributed by atoms with Gasteiger partial charge in [-0.15, -0.1) is 0 Å². The summed E-state index contributed by atoms with van der Waals surface area (Å²) in [4.78, 5) is 0. The molecule has 1 aromatic heterocycles. The van der Waals surface area contributed by atoms with E-state index < -0.39 is 6.10 Å². The van der Waals surface area contributed by atoms with E-state index >= 15 is 0 Å².